The molecule has 9 nitrogen and oxygen atoms in total. The van der Waals surface area contributed by atoms with Crippen LogP contribution in [0.15, 0.2) is 18.2 Å². The molecule has 4 amide bonds. The molecular formula is C29H48N4O5. The van der Waals surface area contributed by atoms with E-state index in [2.05, 4.69) is 17.6 Å². The molecular weight excluding hydrogens is 484 g/mol. The van der Waals surface area contributed by atoms with E-state index in [1.54, 1.807) is 20.8 Å². The predicted molar refractivity (Wildman–Crippen MR) is 149 cm³/mol. The van der Waals surface area contributed by atoms with Gasteiger partial charge in [-0.25, -0.2) is 4.79 Å². The van der Waals surface area contributed by atoms with Crippen molar-refractivity contribution in [3.63, 3.8) is 0 Å². The van der Waals surface area contributed by atoms with Gasteiger partial charge in [0.05, 0.1) is 0 Å². The van der Waals surface area contributed by atoms with Gasteiger partial charge >= 0.3 is 6.09 Å². The standard InChI is InChI=1S/C29H48N4O5/c1-8-10-12-17-31-26(35)25(22-14-13-20(3)21(4)19-22)33(18-11-9-2)27(36)23(15-16-24(30)34)32-28(37)38-29(5,6)7/h13-14,19,23,25H,8-12,15-18H2,1-7H3,(H2,30,34)(H,31,35)(H,32,37). The third kappa shape index (κ3) is 11.5. The number of ether oxygens (including phenoxy) is 1. The molecule has 1 aromatic rings. The van der Waals surface area contributed by atoms with Crippen LogP contribution in [0.4, 0.5) is 4.79 Å². The second kappa shape index (κ2) is 16.0. The number of unbranched alkanes of at least 4 members (excludes halogenated alkanes) is 3. The first-order valence-corrected chi connectivity index (χ1v) is 13.7. The molecule has 0 aromatic heterocycles. The van der Waals surface area contributed by atoms with E-state index in [0.717, 1.165) is 36.8 Å². The van der Waals surface area contributed by atoms with Gasteiger partial charge < -0.3 is 26.0 Å². The van der Waals surface area contributed by atoms with Crippen molar-refractivity contribution in [3.8, 4) is 0 Å². The van der Waals surface area contributed by atoms with Gasteiger partial charge in [-0.1, -0.05) is 51.3 Å². The fraction of sp³-hybridized carbons (Fsp3) is 0.655. The number of nitrogens with two attached hydrogens (primary N) is 1. The fourth-order valence-electron chi connectivity index (χ4n) is 3.98. The average molecular weight is 533 g/mol. The van der Waals surface area contributed by atoms with Crippen molar-refractivity contribution in [2.45, 2.75) is 111 Å². The molecule has 0 heterocycles. The second-order valence-corrected chi connectivity index (χ2v) is 10.8. The van der Waals surface area contributed by atoms with Gasteiger partial charge in [0.25, 0.3) is 0 Å². The van der Waals surface area contributed by atoms with Crippen LogP contribution in [-0.2, 0) is 19.1 Å². The van der Waals surface area contributed by atoms with Gasteiger partial charge in [0, 0.05) is 19.5 Å². The number of nitrogens with one attached hydrogen (secondary N) is 2. The summed E-state index contributed by atoms with van der Waals surface area (Å²) in [6.07, 6.45) is 3.42. The largest absolute Gasteiger partial charge is 0.444 e. The lowest BCUT2D eigenvalue weighted by atomic mass is 9.97. The SMILES string of the molecule is CCCCCNC(=O)C(c1ccc(C)c(C)c1)N(CCCC)C(=O)C(CCC(N)=O)NC(=O)OC(C)(C)C. The molecule has 0 aliphatic rings. The normalized spacial score (nSPS) is 12.8. The number of amides is 4. The Bertz CT molecular complexity index is 941. The zero-order chi connectivity index (χ0) is 28.9. The summed E-state index contributed by atoms with van der Waals surface area (Å²) in [7, 11) is 0. The Morgan fingerprint density at radius 3 is 2.21 bits per heavy atom. The summed E-state index contributed by atoms with van der Waals surface area (Å²) in [6.45, 7) is 14.0. The number of aryl methyl sites for hydroxylation is 2. The van der Waals surface area contributed by atoms with Gasteiger partial charge in [-0.2, -0.15) is 0 Å². The van der Waals surface area contributed by atoms with E-state index in [4.69, 9.17) is 10.5 Å². The summed E-state index contributed by atoms with van der Waals surface area (Å²) >= 11 is 0. The van der Waals surface area contributed by atoms with E-state index in [1.165, 1.54) is 4.90 Å². The summed E-state index contributed by atoms with van der Waals surface area (Å²) in [6, 6.07) is 3.75. The second-order valence-electron chi connectivity index (χ2n) is 10.8. The molecule has 0 bridgehead atoms. The quantitative estimate of drug-likeness (QED) is 0.288. The Morgan fingerprint density at radius 1 is 1.00 bits per heavy atom. The molecule has 9 heteroatoms. The minimum Gasteiger partial charge on any atom is -0.444 e. The number of primary amides is 1. The van der Waals surface area contributed by atoms with E-state index < -0.39 is 35.6 Å². The Balaban J connectivity index is 3.47. The zero-order valence-electron chi connectivity index (χ0n) is 24.3. The molecule has 0 saturated carbocycles. The van der Waals surface area contributed by atoms with Crippen LogP contribution in [0.25, 0.3) is 0 Å². The highest BCUT2D eigenvalue weighted by molar-refractivity contribution is 5.92. The Morgan fingerprint density at radius 2 is 1.66 bits per heavy atom. The van der Waals surface area contributed by atoms with Crippen LogP contribution in [0.1, 0.15) is 102 Å². The molecule has 2 unspecified atom stereocenters. The van der Waals surface area contributed by atoms with E-state index in [1.807, 2.05) is 39.0 Å². The van der Waals surface area contributed by atoms with Crippen molar-refractivity contribution in [3.05, 3.63) is 34.9 Å². The maximum Gasteiger partial charge on any atom is 0.408 e. The first-order valence-electron chi connectivity index (χ1n) is 13.7. The van der Waals surface area contributed by atoms with Crippen molar-refractivity contribution in [1.29, 1.82) is 0 Å². The molecule has 1 rings (SSSR count). The van der Waals surface area contributed by atoms with Crippen LogP contribution >= 0.6 is 0 Å². The number of carbonyl (C=O) groups excluding carboxylic acids is 4. The topological polar surface area (TPSA) is 131 Å². The van der Waals surface area contributed by atoms with E-state index in [-0.39, 0.29) is 18.7 Å². The van der Waals surface area contributed by atoms with Gasteiger partial charge in [0.15, 0.2) is 0 Å². The Kier molecular flexibility index (Phi) is 13.9. The van der Waals surface area contributed by atoms with Gasteiger partial charge in [-0.3, -0.25) is 14.4 Å². The highest BCUT2D eigenvalue weighted by Crippen LogP contribution is 2.26. The molecule has 4 N–H and O–H groups in total. The maximum absolute atomic E-state index is 14.0. The first-order chi connectivity index (χ1) is 17.8. The molecule has 0 saturated heterocycles. The Hall–Kier alpha value is -3.10. The number of benzene rings is 1. The molecule has 0 aliphatic carbocycles. The van der Waals surface area contributed by atoms with Crippen molar-refractivity contribution < 1.29 is 23.9 Å². The van der Waals surface area contributed by atoms with Crippen molar-refractivity contribution >= 4 is 23.8 Å². The van der Waals surface area contributed by atoms with E-state index >= 15 is 0 Å². The molecule has 38 heavy (non-hydrogen) atoms. The molecule has 0 radical (unpaired) electrons. The lowest BCUT2D eigenvalue weighted by Crippen LogP contribution is -2.53. The summed E-state index contributed by atoms with van der Waals surface area (Å²) < 4.78 is 5.37. The number of rotatable bonds is 15. The predicted octanol–water partition coefficient (Wildman–Crippen LogP) is 4.44. The zero-order valence-corrected chi connectivity index (χ0v) is 24.3. The Labute approximate surface area is 228 Å². The van der Waals surface area contributed by atoms with E-state index in [9.17, 15) is 19.2 Å². The number of carbonyl (C=O) groups is 4. The van der Waals surface area contributed by atoms with Crippen LogP contribution in [0.3, 0.4) is 0 Å². The molecule has 0 spiro atoms. The maximum atomic E-state index is 14.0. The molecule has 0 aliphatic heterocycles. The van der Waals surface area contributed by atoms with Crippen LogP contribution < -0.4 is 16.4 Å². The van der Waals surface area contributed by atoms with Crippen LogP contribution in [-0.4, -0.2) is 53.4 Å². The molecule has 2 atom stereocenters. The third-order valence-electron chi connectivity index (χ3n) is 6.19. The smallest absolute Gasteiger partial charge is 0.408 e. The minimum atomic E-state index is -1.09. The van der Waals surface area contributed by atoms with E-state index in [0.29, 0.717) is 25.1 Å². The number of nitrogens with zero attached hydrogens (tertiary/aromatic N) is 1. The summed E-state index contributed by atoms with van der Waals surface area (Å²) in [5.41, 5.74) is 7.37. The van der Waals surface area contributed by atoms with Crippen LogP contribution in [0.5, 0.6) is 0 Å². The van der Waals surface area contributed by atoms with Crippen molar-refractivity contribution in [2.24, 2.45) is 5.73 Å². The summed E-state index contributed by atoms with van der Waals surface area (Å²) in [5.74, 6) is -1.33. The van der Waals surface area contributed by atoms with Gasteiger partial charge in [0.1, 0.15) is 17.7 Å². The molecule has 1 aromatic carbocycles. The van der Waals surface area contributed by atoms with Crippen LogP contribution in [0.2, 0.25) is 0 Å². The van der Waals surface area contributed by atoms with Crippen LogP contribution in [0, 0.1) is 13.8 Å². The lowest BCUT2D eigenvalue weighted by Gasteiger charge is -2.34. The van der Waals surface area contributed by atoms with Gasteiger partial charge in [-0.05, 0) is 70.6 Å². The summed E-state index contributed by atoms with van der Waals surface area (Å²) in [4.78, 5) is 53.4. The lowest BCUT2D eigenvalue weighted by molar-refractivity contribution is -0.142. The third-order valence-corrected chi connectivity index (χ3v) is 6.19. The number of hydrogen-bond acceptors (Lipinski definition) is 5. The van der Waals surface area contributed by atoms with Crippen molar-refractivity contribution in [1.82, 2.24) is 15.5 Å². The van der Waals surface area contributed by atoms with Gasteiger partial charge in [-0.15, -0.1) is 0 Å². The number of hydrogen-bond donors (Lipinski definition) is 3. The average Bonchev–Trinajstić information content (AvgIpc) is 2.82. The monoisotopic (exact) mass is 532 g/mol. The molecule has 0 fully saturated rings. The fourth-order valence-corrected chi connectivity index (χ4v) is 3.98. The highest BCUT2D eigenvalue weighted by atomic mass is 16.6. The van der Waals surface area contributed by atoms with Gasteiger partial charge in [0.2, 0.25) is 17.7 Å². The molecule has 214 valence electrons. The highest BCUT2D eigenvalue weighted by Gasteiger charge is 2.36. The summed E-state index contributed by atoms with van der Waals surface area (Å²) in [5, 5.41) is 5.62. The van der Waals surface area contributed by atoms with Crippen molar-refractivity contribution in [2.75, 3.05) is 13.1 Å². The number of alkyl carbamates (subject to hydrolysis) is 1. The minimum absolute atomic E-state index is 0.00615. The first kappa shape index (κ1) is 32.9.